The molecule has 2 amide bonds. The normalized spacial score (nSPS) is 12.7. The fourth-order valence-electron chi connectivity index (χ4n) is 1.66. The van der Waals surface area contributed by atoms with E-state index >= 15 is 0 Å². The van der Waals surface area contributed by atoms with Gasteiger partial charge < -0.3 is 16.4 Å². The van der Waals surface area contributed by atoms with E-state index in [2.05, 4.69) is 10.6 Å². The zero-order valence-corrected chi connectivity index (χ0v) is 12.5. The number of amides is 2. The van der Waals surface area contributed by atoms with Gasteiger partial charge in [-0.05, 0) is 17.0 Å². The number of nitrogens with one attached hydrogen (secondary N) is 2. The van der Waals surface area contributed by atoms with Crippen molar-refractivity contribution in [2.45, 2.75) is 33.2 Å². The van der Waals surface area contributed by atoms with E-state index in [0.717, 1.165) is 5.56 Å². The topological polar surface area (TPSA) is 84.2 Å². The number of anilines is 1. The molecule has 0 heterocycles. The van der Waals surface area contributed by atoms with Gasteiger partial charge in [-0.1, -0.05) is 39.0 Å². The van der Waals surface area contributed by atoms with Crippen LogP contribution < -0.4 is 16.4 Å². The lowest BCUT2D eigenvalue weighted by molar-refractivity contribution is -0.120. The Bertz CT molecular complexity index is 492. The van der Waals surface area contributed by atoms with Crippen molar-refractivity contribution in [3.8, 4) is 0 Å². The van der Waals surface area contributed by atoms with Gasteiger partial charge >= 0.3 is 0 Å². The molecule has 0 bridgehead atoms. The van der Waals surface area contributed by atoms with Gasteiger partial charge in [0.1, 0.15) is 0 Å². The van der Waals surface area contributed by atoms with E-state index in [9.17, 15) is 9.59 Å². The molecule has 1 atom stereocenters. The van der Waals surface area contributed by atoms with Crippen LogP contribution in [0.3, 0.4) is 0 Å². The monoisotopic (exact) mass is 277 g/mol. The van der Waals surface area contributed by atoms with Crippen LogP contribution in [0.25, 0.3) is 0 Å². The Labute approximate surface area is 119 Å². The number of carbonyl (C=O) groups is 2. The summed E-state index contributed by atoms with van der Waals surface area (Å²) in [7, 11) is 1.58. The highest BCUT2D eigenvalue weighted by Crippen LogP contribution is 2.21. The summed E-state index contributed by atoms with van der Waals surface area (Å²) in [6, 6.07) is 6.61. The summed E-state index contributed by atoms with van der Waals surface area (Å²) >= 11 is 0. The Kier molecular flexibility index (Phi) is 5.27. The Morgan fingerprint density at radius 3 is 2.40 bits per heavy atom. The van der Waals surface area contributed by atoms with Gasteiger partial charge in [-0.15, -0.1) is 0 Å². The summed E-state index contributed by atoms with van der Waals surface area (Å²) in [5.74, 6) is -0.353. The van der Waals surface area contributed by atoms with Crippen LogP contribution in [0, 0.1) is 5.41 Å². The second-order valence-corrected chi connectivity index (χ2v) is 5.84. The first-order valence-corrected chi connectivity index (χ1v) is 6.60. The third-order valence-corrected chi connectivity index (χ3v) is 3.12. The maximum Gasteiger partial charge on any atom is 0.241 e. The molecule has 5 heteroatoms. The predicted molar refractivity (Wildman–Crippen MR) is 80.3 cm³/mol. The number of benzene rings is 1. The predicted octanol–water partition coefficient (Wildman–Crippen LogP) is 1.29. The van der Waals surface area contributed by atoms with E-state index in [1.54, 1.807) is 13.1 Å². The average Bonchev–Trinajstić information content (AvgIpc) is 2.38. The van der Waals surface area contributed by atoms with Crippen LogP contribution in [0.1, 0.15) is 26.3 Å². The van der Waals surface area contributed by atoms with Gasteiger partial charge in [0.25, 0.3) is 0 Å². The SMILES string of the molecule is CNC(=O)Cc1ccccc1NC(=O)C(N)C(C)(C)C. The van der Waals surface area contributed by atoms with Crippen LogP contribution in [0.5, 0.6) is 0 Å². The first-order valence-electron chi connectivity index (χ1n) is 6.60. The van der Waals surface area contributed by atoms with Crippen LogP contribution in [0.4, 0.5) is 5.69 Å². The molecular formula is C15H23N3O2. The highest BCUT2D eigenvalue weighted by molar-refractivity contribution is 5.96. The minimum atomic E-state index is -0.615. The van der Waals surface area contributed by atoms with Crippen molar-refractivity contribution in [3.63, 3.8) is 0 Å². The third-order valence-electron chi connectivity index (χ3n) is 3.12. The minimum Gasteiger partial charge on any atom is -0.359 e. The molecule has 0 radical (unpaired) electrons. The quantitative estimate of drug-likeness (QED) is 0.775. The largest absolute Gasteiger partial charge is 0.359 e. The number of hydrogen-bond acceptors (Lipinski definition) is 3. The zero-order chi connectivity index (χ0) is 15.3. The van der Waals surface area contributed by atoms with Crippen LogP contribution in [-0.4, -0.2) is 24.9 Å². The molecule has 0 aliphatic carbocycles. The Hall–Kier alpha value is -1.88. The van der Waals surface area contributed by atoms with Crippen molar-refractivity contribution >= 4 is 17.5 Å². The summed E-state index contributed by atoms with van der Waals surface area (Å²) in [6.45, 7) is 5.73. The molecule has 20 heavy (non-hydrogen) atoms. The molecule has 0 saturated heterocycles. The van der Waals surface area contributed by atoms with Crippen molar-refractivity contribution in [1.82, 2.24) is 5.32 Å². The molecule has 0 spiro atoms. The molecule has 0 aromatic heterocycles. The van der Waals surface area contributed by atoms with Gasteiger partial charge in [-0.25, -0.2) is 0 Å². The molecule has 110 valence electrons. The van der Waals surface area contributed by atoms with Crippen molar-refractivity contribution in [3.05, 3.63) is 29.8 Å². The second-order valence-electron chi connectivity index (χ2n) is 5.84. The molecule has 0 aliphatic rings. The van der Waals surface area contributed by atoms with E-state index in [-0.39, 0.29) is 23.7 Å². The molecule has 0 aliphatic heterocycles. The molecule has 1 unspecified atom stereocenters. The summed E-state index contributed by atoms with van der Waals surface area (Å²) in [4.78, 5) is 23.6. The van der Waals surface area contributed by atoms with Gasteiger partial charge in [-0.3, -0.25) is 9.59 Å². The van der Waals surface area contributed by atoms with Crippen molar-refractivity contribution in [2.24, 2.45) is 11.1 Å². The van der Waals surface area contributed by atoms with Gasteiger partial charge in [-0.2, -0.15) is 0 Å². The third kappa shape index (κ3) is 4.35. The highest BCUT2D eigenvalue weighted by Gasteiger charge is 2.27. The van der Waals surface area contributed by atoms with E-state index in [1.807, 2.05) is 39.0 Å². The second kappa shape index (κ2) is 6.52. The van der Waals surface area contributed by atoms with Gasteiger partial charge in [0, 0.05) is 12.7 Å². The van der Waals surface area contributed by atoms with Crippen molar-refractivity contribution in [2.75, 3.05) is 12.4 Å². The Balaban J connectivity index is 2.87. The van der Waals surface area contributed by atoms with E-state index in [0.29, 0.717) is 5.69 Å². The highest BCUT2D eigenvalue weighted by atomic mass is 16.2. The summed E-state index contributed by atoms with van der Waals surface area (Å²) < 4.78 is 0. The van der Waals surface area contributed by atoms with Crippen LogP contribution >= 0.6 is 0 Å². The molecule has 1 rings (SSSR count). The Morgan fingerprint density at radius 1 is 1.25 bits per heavy atom. The molecule has 5 nitrogen and oxygen atoms in total. The molecule has 1 aromatic carbocycles. The lowest BCUT2D eigenvalue weighted by Crippen LogP contribution is -2.45. The molecular weight excluding hydrogens is 254 g/mol. The average molecular weight is 277 g/mol. The van der Waals surface area contributed by atoms with Crippen LogP contribution in [0.2, 0.25) is 0 Å². The summed E-state index contributed by atoms with van der Waals surface area (Å²) in [5.41, 5.74) is 7.00. The van der Waals surface area contributed by atoms with Gasteiger partial charge in [0.05, 0.1) is 12.5 Å². The Morgan fingerprint density at radius 2 is 1.85 bits per heavy atom. The van der Waals surface area contributed by atoms with Crippen LogP contribution in [-0.2, 0) is 16.0 Å². The standard InChI is InChI=1S/C15H23N3O2/c1-15(2,3)13(16)14(20)18-11-8-6-5-7-10(11)9-12(19)17-4/h5-8,13H,9,16H2,1-4H3,(H,17,19)(H,18,20). The van der Waals surface area contributed by atoms with E-state index in [4.69, 9.17) is 5.73 Å². The number of nitrogens with two attached hydrogens (primary N) is 1. The van der Waals surface area contributed by atoms with Crippen molar-refractivity contribution < 1.29 is 9.59 Å². The fourth-order valence-corrected chi connectivity index (χ4v) is 1.66. The van der Waals surface area contributed by atoms with Crippen molar-refractivity contribution in [1.29, 1.82) is 0 Å². The fraction of sp³-hybridized carbons (Fsp3) is 0.467. The summed E-state index contributed by atoms with van der Waals surface area (Å²) in [5, 5.41) is 5.37. The maximum atomic E-state index is 12.1. The van der Waals surface area contributed by atoms with E-state index < -0.39 is 6.04 Å². The first kappa shape index (κ1) is 16.2. The number of rotatable bonds is 4. The first-order chi connectivity index (χ1) is 9.25. The molecule has 0 fully saturated rings. The maximum absolute atomic E-state index is 12.1. The molecule has 0 saturated carbocycles. The lowest BCUT2D eigenvalue weighted by Gasteiger charge is -2.26. The van der Waals surface area contributed by atoms with Gasteiger partial charge in [0.2, 0.25) is 11.8 Å². The number of likely N-dealkylation sites (N-methyl/N-ethyl adjacent to an activating group) is 1. The number of hydrogen-bond donors (Lipinski definition) is 3. The number of para-hydroxylation sites is 1. The molecule has 4 N–H and O–H groups in total. The lowest BCUT2D eigenvalue weighted by atomic mass is 9.87. The smallest absolute Gasteiger partial charge is 0.241 e. The molecule has 1 aromatic rings. The number of carbonyl (C=O) groups excluding carboxylic acids is 2. The van der Waals surface area contributed by atoms with Gasteiger partial charge in [0.15, 0.2) is 0 Å². The van der Waals surface area contributed by atoms with Crippen LogP contribution in [0.15, 0.2) is 24.3 Å². The zero-order valence-electron chi connectivity index (χ0n) is 12.5. The van der Waals surface area contributed by atoms with E-state index in [1.165, 1.54) is 0 Å². The minimum absolute atomic E-state index is 0.105. The summed E-state index contributed by atoms with van der Waals surface area (Å²) in [6.07, 6.45) is 0.220.